The Hall–Kier alpha value is -16.7. The molecule has 1 atom stereocenters. The second kappa shape index (κ2) is 46.5. The van der Waals surface area contributed by atoms with Crippen LogP contribution in [0.4, 0.5) is 43.9 Å². The zero-order valence-corrected chi connectivity index (χ0v) is 83.5. The first kappa shape index (κ1) is 106. The molecule has 760 valence electrons. The van der Waals surface area contributed by atoms with Crippen molar-refractivity contribution in [2.45, 2.75) is 84.0 Å². The molecule has 5 aromatic heterocycles. The molecule has 21 nitrogen and oxygen atoms in total. The van der Waals surface area contributed by atoms with Crippen LogP contribution in [0, 0.1) is 6.92 Å². The summed E-state index contributed by atoms with van der Waals surface area (Å²) in [5.41, 5.74) is 11.3. The van der Waals surface area contributed by atoms with Crippen molar-refractivity contribution in [3.8, 4) is 34.2 Å². The highest BCUT2D eigenvalue weighted by Gasteiger charge is 2.34. The molecule has 5 amide bonds. The van der Waals surface area contributed by atoms with Gasteiger partial charge in [-0.3, -0.25) is 24.0 Å². The van der Waals surface area contributed by atoms with E-state index in [-0.39, 0.29) is 49.3 Å². The molecule has 20 aromatic rings. The van der Waals surface area contributed by atoms with E-state index in [0.717, 1.165) is 110 Å². The van der Waals surface area contributed by atoms with Crippen molar-refractivity contribution in [1.82, 2.24) is 75.5 Å². The van der Waals surface area contributed by atoms with E-state index < -0.39 is 46.8 Å². The molecule has 0 aliphatic heterocycles. The minimum Gasteiger partial charge on any atom is -0.494 e. The Morgan fingerprint density at radius 1 is 0.320 bits per heavy atom. The molecule has 20 rings (SSSR count). The molecular weight excluding hydrogens is 2020 g/mol. The molecule has 0 aliphatic carbocycles. The van der Waals surface area contributed by atoms with Crippen molar-refractivity contribution < 1.29 is 72.6 Å². The number of methoxy groups -OCH3 is 1. The normalized spacial score (nSPS) is 11.7. The van der Waals surface area contributed by atoms with Gasteiger partial charge in [0.15, 0.2) is 0 Å². The van der Waals surface area contributed by atoms with E-state index in [2.05, 4.69) is 52.1 Å². The number of hydrogen-bond donors (Lipinski definition) is 5. The van der Waals surface area contributed by atoms with Crippen LogP contribution in [-0.2, 0) is 50.3 Å². The highest BCUT2D eigenvalue weighted by Crippen LogP contribution is 2.38. The number of halogens is 14. The Balaban J connectivity index is 0.000000134. The van der Waals surface area contributed by atoms with Crippen molar-refractivity contribution in [3.63, 3.8) is 0 Å². The number of carbonyl (C=O) groups is 5. The van der Waals surface area contributed by atoms with Gasteiger partial charge >= 0.3 is 18.5 Å². The number of para-hydroxylation sites is 3. The van der Waals surface area contributed by atoms with E-state index in [1.54, 1.807) is 165 Å². The topological polar surface area (TPSA) is 244 Å². The van der Waals surface area contributed by atoms with Crippen molar-refractivity contribution in [1.29, 1.82) is 0 Å². The summed E-state index contributed by atoms with van der Waals surface area (Å²) in [6.07, 6.45) is -4.32. The van der Waals surface area contributed by atoms with Crippen LogP contribution in [0.5, 0.6) is 5.75 Å². The van der Waals surface area contributed by atoms with E-state index in [1.807, 2.05) is 184 Å². The standard InChI is InChI=1S/C25H22Cl2FN3O.C23H18F3N3O2.C23H18F3N3O.C22H17Cl2N3O.C22H16F3N3O/c1-15(16-6-4-7-17(12-16)25(2,3)28)30-24(32)19-8-5-9-23-20(19)14-29-31(23)18-10-11-21(26)22(27)13-18;1-31-21-11-3-2-9-20(21)29-19-10-5-8-17(18(19)14-28-29)22(30)27-13-15-6-4-7-16(12-15)23(24,25)26;1-15-8-10-18(11-9-15)29-21-7-3-6-19(20(21)14-28-29)22(30)27-13-16-4-2-5-17(12-16)23(24,25)26;23-19-10-9-16(13-20(19)24)27-21-8-4-7-17(18(21)14-26-27)22(28)25-12-11-15-5-2-1-3-6-15;23-22(24,25)16-7-4-6-15(12-16)13-26-21(29)18-10-5-11-20-19(18)14-27-28(20)17-8-2-1-3-9-17/h4-15H,1-3H3,(H,30,32);2-12,14H,13H2,1H3,(H,27,30);2-12,14H,13H2,1H3,(H,27,30);1-10,13-14H,11-12H2,(H,25,28);1-12,14H,13H2,(H,26,29)/t15-;;;;/m0..../s1. The summed E-state index contributed by atoms with van der Waals surface area (Å²) < 4.78 is 144. The Kier molecular flexibility index (Phi) is 32.9. The third kappa shape index (κ3) is 25.4. The lowest BCUT2D eigenvalue weighted by molar-refractivity contribution is -0.138. The Bertz CT molecular complexity index is 8320. The fourth-order valence-electron chi connectivity index (χ4n) is 16.6. The maximum absolute atomic E-state index is 14.3. The Morgan fingerprint density at radius 2 is 0.640 bits per heavy atom. The summed E-state index contributed by atoms with van der Waals surface area (Å²) in [6.45, 7) is 7.43. The van der Waals surface area contributed by atoms with Crippen LogP contribution in [0.2, 0.25) is 20.1 Å². The molecule has 150 heavy (non-hydrogen) atoms. The molecule has 5 heterocycles. The number of aryl methyl sites for hydroxylation is 1. The summed E-state index contributed by atoms with van der Waals surface area (Å²) >= 11 is 24.3. The molecule has 0 aliphatic rings. The van der Waals surface area contributed by atoms with E-state index in [0.29, 0.717) is 110 Å². The number of carbonyl (C=O) groups excluding carboxylic acids is 5. The molecule has 0 saturated heterocycles. The summed E-state index contributed by atoms with van der Waals surface area (Å²) in [7, 11) is 1.57. The van der Waals surface area contributed by atoms with Gasteiger partial charge in [-0.1, -0.05) is 216 Å². The highest BCUT2D eigenvalue weighted by atomic mass is 35.5. The van der Waals surface area contributed by atoms with Crippen molar-refractivity contribution >= 4 is 130 Å². The number of nitrogens with zero attached hydrogens (tertiary/aromatic N) is 10. The molecule has 0 bridgehead atoms. The number of hydrogen-bond acceptors (Lipinski definition) is 11. The lowest BCUT2D eigenvalue weighted by Crippen LogP contribution is -2.27. The van der Waals surface area contributed by atoms with Gasteiger partial charge in [0.1, 0.15) is 17.1 Å². The average Bonchev–Trinajstić information content (AvgIpc) is 1.63. The molecule has 15 aromatic carbocycles. The minimum absolute atomic E-state index is 0.00797. The SMILES string of the molecule is COc1ccccc1-n1ncc2c(C(=O)NCc3cccc(C(F)(F)F)c3)cccc21.C[C@H](NC(=O)c1cccc2c1cnn2-c1ccc(Cl)c(Cl)c1)c1cccc(C(C)(C)F)c1.Cc1ccc(-n2ncc3c(C(=O)NCc4cccc(C(F)(F)F)c4)cccc32)cc1.O=C(NCCc1ccccc1)c1cccc2c1cnn2-c1ccc(Cl)c(Cl)c1.O=C(NCc1cccc(C(F)(F)F)c1)c1cccc2c1cnn2-c1ccccc1. The summed E-state index contributed by atoms with van der Waals surface area (Å²) in [6, 6.07) is 93.8. The largest absolute Gasteiger partial charge is 0.494 e. The van der Waals surface area contributed by atoms with Crippen LogP contribution in [0.3, 0.4) is 0 Å². The van der Waals surface area contributed by atoms with Gasteiger partial charge in [-0.25, -0.2) is 27.8 Å². The number of fused-ring (bicyclic) bond motifs is 5. The number of amides is 5. The number of nitrogens with one attached hydrogen (secondary N) is 5. The van der Waals surface area contributed by atoms with Crippen LogP contribution in [-0.4, -0.2) is 92.1 Å². The Morgan fingerprint density at radius 3 is 1.03 bits per heavy atom. The molecule has 0 unspecified atom stereocenters. The first-order chi connectivity index (χ1) is 71.9. The van der Waals surface area contributed by atoms with Gasteiger partial charge in [-0.2, -0.15) is 65.0 Å². The number of benzene rings is 15. The first-order valence-electron chi connectivity index (χ1n) is 46.7. The zero-order chi connectivity index (χ0) is 106. The van der Waals surface area contributed by atoms with Gasteiger partial charge < -0.3 is 31.3 Å². The van der Waals surface area contributed by atoms with Gasteiger partial charge in [0.05, 0.1) is 159 Å². The lowest BCUT2D eigenvalue weighted by atomic mass is 9.96. The predicted molar refractivity (Wildman–Crippen MR) is 563 cm³/mol. The maximum Gasteiger partial charge on any atom is 0.416 e. The first-order valence-corrected chi connectivity index (χ1v) is 48.2. The number of rotatable bonds is 23. The molecule has 0 radical (unpaired) electrons. The second-order valence-corrected chi connectivity index (χ2v) is 36.6. The second-order valence-electron chi connectivity index (χ2n) is 34.9. The summed E-state index contributed by atoms with van der Waals surface area (Å²) in [4.78, 5) is 64.0. The van der Waals surface area contributed by atoms with Gasteiger partial charge in [-0.15, -0.1) is 0 Å². The van der Waals surface area contributed by atoms with E-state index in [1.165, 1.54) is 43.7 Å². The van der Waals surface area contributed by atoms with Gasteiger partial charge in [0.25, 0.3) is 29.5 Å². The van der Waals surface area contributed by atoms with E-state index in [9.17, 15) is 67.9 Å². The summed E-state index contributed by atoms with van der Waals surface area (Å²) in [5, 5.41) is 41.4. The third-order valence-corrected chi connectivity index (χ3v) is 25.7. The van der Waals surface area contributed by atoms with Crippen LogP contribution >= 0.6 is 46.4 Å². The minimum atomic E-state index is -4.43. The fourth-order valence-corrected chi connectivity index (χ4v) is 17.1. The van der Waals surface area contributed by atoms with Gasteiger partial charge in [0.2, 0.25) is 0 Å². The third-order valence-electron chi connectivity index (χ3n) is 24.3. The average molecular weight is 2110 g/mol. The molecule has 0 fully saturated rings. The molecule has 0 spiro atoms. The molecule has 0 saturated carbocycles. The van der Waals surface area contributed by atoms with E-state index >= 15 is 0 Å². The quantitative estimate of drug-likeness (QED) is 0.0377. The summed E-state index contributed by atoms with van der Waals surface area (Å²) in [5.74, 6) is -0.867. The zero-order valence-electron chi connectivity index (χ0n) is 80.5. The van der Waals surface area contributed by atoms with Crippen LogP contribution in [0.1, 0.15) is 134 Å². The van der Waals surface area contributed by atoms with Crippen LogP contribution in [0.15, 0.2) is 365 Å². The highest BCUT2D eigenvalue weighted by molar-refractivity contribution is 6.42. The van der Waals surface area contributed by atoms with Crippen molar-refractivity contribution in [2.75, 3.05) is 13.7 Å². The predicted octanol–water partition coefficient (Wildman–Crippen LogP) is 27.6. The lowest BCUT2D eigenvalue weighted by Gasteiger charge is -2.19. The maximum atomic E-state index is 14.3. The number of ether oxygens (including phenoxy) is 1. The fraction of sp³-hybridized carbons (Fsp3) is 0.130. The van der Waals surface area contributed by atoms with Gasteiger partial charge in [0, 0.05) is 53.1 Å². The number of alkyl halides is 10. The monoisotopic (exact) mass is 2110 g/mol. The van der Waals surface area contributed by atoms with Gasteiger partial charge in [-0.05, 0) is 237 Å². The van der Waals surface area contributed by atoms with Crippen LogP contribution in [0.25, 0.3) is 83.0 Å². The van der Waals surface area contributed by atoms with Crippen molar-refractivity contribution in [3.05, 3.63) is 468 Å². The van der Waals surface area contributed by atoms with Crippen LogP contribution < -0.4 is 31.3 Å². The van der Waals surface area contributed by atoms with E-state index in [4.69, 9.17) is 51.1 Å². The smallest absolute Gasteiger partial charge is 0.416 e. The molecule has 35 heteroatoms. The molecule has 5 N–H and O–H groups in total. The Labute approximate surface area is 873 Å². The molecular formula is C115H91Cl4F10N15O6. The van der Waals surface area contributed by atoms with Crippen molar-refractivity contribution in [2.24, 2.45) is 0 Å². The number of aromatic nitrogens is 10.